The van der Waals surface area contributed by atoms with Crippen LogP contribution in [-0.2, 0) is 4.79 Å². The highest BCUT2D eigenvalue weighted by Crippen LogP contribution is 2.28. The number of piperazine rings is 1. The van der Waals surface area contributed by atoms with Crippen LogP contribution in [0.25, 0.3) is 10.9 Å². The molecule has 2 amide bonds. The lowest BCUT2D eigenvalue weighted by atomic mass is 10.1. The maximum absolute atomic E-state index is 13.1. The van der Waals surface area contributed by atoms with Crippen molar-refractivity contribution in [3.8, 4) is 0 Å². The van der Waals surface area contributed by atoms with Crippen LogP contribution >= 0.6 is 0 Å². The number of amides is 2. The van der Waals surface area contributed by atoms with Gasteiger partial charge in [0.05, 0.1) is 16.7 Å². The van der Waals surface area contributed by atoms with Crippen molar-refractivity contribution in [3.05, 3.63) is 70.4 Å². The molecule has 2 aliphatic heterocycles. The van der Waals surface area contributed by atoms with Crippen LogP contribution in [0.15, 0.2) is 54.6 Å². The Labute approximate surface area is 184 Å². The molecule has 1 N–H and O–H groups in total. The van der Waals surface area contributed by atoms with Crippen LogP contribution in [0.4, 0.5) is 11.4 Å². The number of aromatic nitrogens is 1. The number of nitro benzene ring substituents is 1. The third kappa shape index (κ3) is 3.60. The van der Waals surface area contributed by atoms with Crippen molar-refractivity contribution in [1.29, 1.82) is 0 Å². The van der Waals surface area contributed by atoms with Crippen LogP contribution in [0.1, 0.15) is 16.9 Å². The van der Waals surface area contributed by atoms with Crippen molar-refractivity contribution < 1.29 is 14.5 Å². The molecule has 2 aromatic carbocycles. The van der Waals surface area contributed by atoms with Gasteiger partial charge in [-0.25, -0.2) is 0 Å². The lowest BCUT2D eigenvalue weighted by Crippen LogP contribution is -2.53. The van der Waals surface area contributed by atoms with Crippen molar-refractivity contribution in [1.82, 2.24) is 14.8 Å². The summed E-state index contributed by atoms with van der Waals surface area (Å²) in [6.45, 7) is 2.86. The largest absolute Gasteiger partial charge is 0.351 e. The van der Waals surface area contributed by atoms with E-state index in [1.807, 2.05) is 35.2 Å². The number of hydrogen-bond acceptors (Lipinski definition) is 5. The number of anilines is 1. The van der Waals surface area contributed by atoms with Crippen LogP contribution in [0.3, 0.4) is 0 Å². The third-order valence-electron chi connectivity index (χ3n) is 6.33. The van der Waals surface area contributed by atoms with Gasteiger partial charge in [-0.2, -0.15) is 0 Å². The fourth-order valence-electron chi connectivity index (χ4n) is 4.63. The molecule has 0 aliphatic carbocycles. The first-order valence-electron chi connectivity index (χ1n) is 10.7. The lowest BCUT2D eigenvalue weighted by Gasteiger charge is -2.37. The summed E-state index contributed by atoms with van der Waals surface area (Å²) in [5, 5.41) is 12.1. The number of aromatic amines is 1. The molecule has 2 fully saturated rings. The van der Waals surface area contributed by atoms with E-state index in [1.165, 1.54) is 12.1 Å². The quantitative estimate of drug-likeness (QED) is 0.503. The number of non-ortho nitro benzene ring substituents is 1. The van der Waals surface area contributed by atoms with Crippen molar-refractivity contribution in [2.75, 3.05) is 37.6 Å². The summed E-state index contributed by atoms with van der Waals surface area (Å²) in [5.41, 5.74) is 2.04. The highest BCUT2D eigenvalue weighted by molar-refractivity contribution is 6.00. The summed E-state index contributed by atoms with van der Waals surface area (Å²) in [4.78, 5) is 45.3. The van der Waals surface area contributed by atoms with E-state index < -0.39 is 4.92 Å². The molecular weight excluding hydrogens is 410 g/mol. The van der Waals surface area contributed by atoms with Gasteiger partial charge < -0.3 is 14.8 Å². The molecule has 1 atom stereocenters. The summed E-state index contributed by atoms with van der Waals surface area (Å²) in [7, 11) is 0. The van der Waals surface area contributed by atoms with Crippen molar-refractivity contribution >= 4 is 34.1 Å². The van der Waals surface area contributed by atoms with Gasteiger partial charge in [0.15, 0.2) is 0 Å². The summed E-state index contributed by atoms with van der Waals surface area (Å²) < 4.78 is 0. The predicted octanol–water partition coefficient (Wildman–Crippen LogP) is 2.64. The van der Waals surface area contributed by atoms with Crippen LogP contribution in [0, 0.1) is 10.1 Å². The first-order valence-corrected chi connectivity index (χ1v) is 10.7. The maximum Gasteiger partial charge on any atom is 0.271 e. The molecule has 0 spiro atoms. The molecule has 3 aromatic rings. The zero-order chi connectivity index (χ0) is 22.2. The van der Waals surface area contributed by atoms with Gasteiger partial charge in [-0.1, -0.05) is 24.3 Å². The molecule has 0 bridgehead atoms. The second-order valence-corrected chi connectivity index (χ2v) is 8.17. The number of para-hydroxylation sites is 1. The van der Waals surface area contributed by atoms with E-state index in [1.54, 1.807) is 17.0 Å². The molecule has 2 saturated heterocycles. The minimum atomic E-state index is -0.453. The Morgan fingerprint density at radius 1 is 1.00 bits per heavy atom. The Morgan fingerprint density at radius 3 is 2.53 bits per heavy atom. The number of rotatable bonds is 4. The van der Waals surface area contributed by atoms with E-state index in [4.69, 9.17) is 0 Å². The highest BCUT2D eigenvalue weighted by Gasteiger charge is 2.38. The second kappa shape index (κ2) is 8.08. The number of nitro groups is 1. The fraction of sp³-hybridized carbons (Fsp3) is 0.304. The van der Waals surface area contributed by atoms with Crippen LogP contribution in [0.2, 0.25) is 0 Å². The SMILES string of the molecule is O=C(c1cc2ccccc2[nH]1)N1CCN(C2CCN(c3cccc([N+](=O)[O-])c3)C2=O)CC1. The number of carbonyl (C=O) groups excluding carboxylic acids is 2. The van der Waals surface area contributed by atoms with Gasteiger partial charge in [-0.3, -0.25) is 24.6 Å². The first-order chi connectivity index (χ1) is 15.5. The van der Waals surface area contributed by atoms with E-state index in [9.17, 15) is 19.7 Å². The van der Waals surface area contributed by atoms with Gasteiger partial charge in [-0.05, 0) is 24.6 Å². The fourth-order valence-corrected chi connectivity index (χ4v) is 4.63. The highest BCUT2D eigenvalue weighted by atomic mass is 16.6. The number of H-pyrrole nitrogens is 1. The summed E-state index contributed by atoms with van der Waals surface area (Å²) in [6.07, 6.45) is 0.664. The van der Waals surface area contributed by atoms with E-state index >= 15 is 0 Å². The Kier molecular flexibility index (Phi) is 5.10. The third-order valence-corrected chi connectivity index (χ3v) is 6.33. The minimum Gasteiger partial charge on any atom is -0.351 e. The number of fused-ring (bicyclic) bond motifs is 1. The summed E-state index contributed by atoms with van der Waals surface area (Å²) >= 11 is 0. The number of hydrogen-bond donors (Lipinski definition) is 1. The molecule has 164 valence electrons. The number of nitrogens with one attached hydrogen (secondary N) is 1. The summed E-state index contributed by atoms with van der Waals surface area (Å²) in [5.74, 6) is -0.0716. The standard InChI is InChI=1S/C23H23N5O4/c29-22(20-14-16-4-1-2-7-19(16)24-20)26-12-10-25(11-13-26)21-8-9-27(23(21)30)17-5-3-6-18(15-17)28(31)32/h1-7,14-15,21,24H,8-13H2. The average molecular weight is 433 g/mol. The zero-order valence-electron chi connectivity index (χ0n) is 17.4. The zero-order valence-corrected chi connectivity index (χ0v) is 17.4. The Hall–Kier alpha value is -3.72. The van der Waals surface area contributed by atoms with Gasteiger partial charge in [0.25, 0.3) is 11.6 Å². The van der Waals surface area contributed by atoms with Gasteiger partial charge >= 0.3 is 0 Å². The maximum atomic E-state index is 13.1. The predicted molar refractivity (Wildman–Crippen MR) is 120 cm³/mol. The van der Waals surface area contributed by atoms with E-state index in [-0.39, 0.29) is 23.5 Å². The van der Waals surface area contributed by atoms with Crippen molar-refractivity contribution in [3.63, 3.8) is 0 Å². The molecule has 9 heteroatoms. The molecule has 1 aromatic heterocycles. The minimum absolute atomic E-state index is 0.0251. The second-order valence-electron chi connectivity index (χ2n) is 8.17. The van der Waals surface area contributed by atoms with Crippen LogP contribution in [-0.4, -0.2) is 70.3 Å². The molecule has 9 nitrogen and oxygen atoms in total. The van der Waals surface area contributed by atoms with Crippen molar-refractivity contribution in [2.24, 2.45) is 0 Å². The lowest BCUT2D eigenvalue weighted by molar-refractivity contribution is -0.384. The van der Waals surface area contributed by atoms with Crippen LogP contribution in [0.5, 0.6) is 0 Å². The molecular formula is C23H23N5O4. The Balaban J connectivity index is 1.22. The van der Waals surface area contributed by atoms with Gasteiger partial charge in [0, 0.05) is 55.8 Å². The molecule has 1 unspecified atom stereocenters. The number of carbonyl (C=O) groups is 2. The van der Waals surface area contributed by atoms with Gasteiger partial charge in [-0.15, -0.1) is 0 Å². The molecule has 2 aliphatic rings. The molecule has 3 heterocycles. The molecule has 32 heavy (non-hydrogen) atoms. The van der Waals surface area contributed by atoms with E-state index in [0.29, 0.717) is 50.5 Å². The Morgan fingerprint density at radius 2 is 1.78 bits per heavy atom. The molecule has 5 rings (SSSR count). The number of benzene rings is 2. The molecule has 0 radical (unpaired) electrons. The van der Waals surface area contributed by atoms with Crippen molar-refractivity contribution in [2.45, 2.75) is 12.5 Å². The summed E-state index contributed by atoms with van der Waals surface area (Å²) in [6, 6.07) is 15.6. The van der Waals surface area contributed by atoms with Gasteiger partial charge in [0.1, 0.15) is 5.69 Å². The van der Waals surface area contributed by atoms with Crippen LogP contribution < -0.4 is 4.90 Å². The smallest absolute Gasteiger partial charge is 0.271 e. The van der Waals surface area contributed by atoms with E-state index in [0.717, 1.165) is 10.9 Å². The first kappa shape index (κ1) is 20.2. The monoisotopic (exact) mass is 433 g/mol. The van der Waals surface area contributed by atoms with E-state index in [2.05, 4.69) is 9.88 Å². The average Bonchev–Trinajstić information content (AvgIpc) is 3.42. The van der Waals surface area contributed by atoms with Gasteiger partial charge in [0.2, 0.25) is 5.91 Å². The Bertz CT molecular complexity index is 1160. The molecule has 0 saturated carbocycles. The normalized spacial score (nSPS) is 19.6. The number of nitrogens with zero attached hydrogens (tertiary/aromatic N) is 4. The topological polar surface area (TPSA) is 103 Å².